The molecule has 0 saturated carbocycles. The molecule has 1 saturated heterocycles. The number of aromatic nitrogens is 1. The molecule has 3 rings (SSSR count). The molecular weight excluding hydrogens is 323 g/mol. The third-order valence-electron chi connectivity index (χ3n) is 4.15. The number of ether oxygens (including phenoxy) is 1. The van der Waals surface area contributed by atoms with E-state index in [1.54, 1.807) is 24.4 Å². The Hall–Kier alpha value is -2.67. The Morgan fingerprint density at radius 2 is 2.04 bits per heavy atom. The second-order valence-electron chi connectivity index (χ2n) is 5.84. The van der Waals surface area contributed by atoms with Crippen molar-refractivity contribution < 1.29 is 13.9 Å². The molecule has 0 radical (unpaired) electrons. The van der Waals surface area contributed by atoms with Gasteiger partial charge >= 0.3 is 0 Å². The summed E-state index contributed by atoms with van der Waals surface area (Å²) in [6, 6.07) is 9.96. The standard InChI is InChI=1S/C18H21FN4O2/c1-25-16-12-14(19)5-6-15(16)23-10-8-22(9-11-23)13-18(24)21-17-4-2-3-7-20-17/h2-7,12H,8-11,13H2,1H3,(H,20,21,24). The smallest absolute Gasteiger partial charge is 0.239 e. The molecule has 0 aliphatic carbocycles. The van der Waals surface area contributed by atoms with Gasteiger partial charge < -0.3 is 15.0 Å². The van der Waals surface area contributed by atoms with Gasteiger partial charge in [0.2, 0.25) is 5.91 Å². The minimum atomic E-state index is -0.314. The van der Waals surface area contributed by atoms with E-state index in [4.69, 9.17) is 4.74 Å². The molecule has 1 aromatic heterocycles. The molecule has 25 heavy (non-hydrogen) atoms. The number of halogens is 1. The molecule has 0 unspecified atom stereocenters. The molecule has 1 amide bonds. The summed E-state index contributed by atoms with van der Waals surface area (Å²) in [5, 5.41) is 2.79. The number of nitrogens with zero attached hydrogens (tertiary/aromatic N) is 3. The molecule has 0 spiro atoms. The first-order valence-corrected chi connectivity index (χ1v) is 8.17. The van der Waals surface area contributed by atoms with Crippen molar-refractivity contribution in [1.82, 2.24) is 9.88 Å². The molecule has 1 fully saturated rings. The van der Waals surface area contributed by atoms with Gasteiger partial charge in [0.15, 0.2) is 0 Å². The van der Waals surface area contributed by atoms with E-state index in [9.17, 15) is 9.18 Å². The quantitative estimate of drug-likeness (QED) is 0.899. The number of carbonyl (C=O) groups excluding carboxylic acids is 1. The first kappa shape index (κ1) is 17.2. The van der Waals surface area contributed by atoms with E-state index < -0.39 is 0 Å². The number of amides is 1. The van der Waals surface area contributed by atoms with Gasteiger partial charge in [0, 0.05) is 38.4 Å². The molecule has 1 N–H and O–H groups in total. The first-order valence-electron chi connectivity index (χ1n) is 8.17. The Labute approximate surface area is 146 Å². The van der Waals surface area contributed by atoms with Gasteiger partial charge in [-0.1, -0.05) is 6.07 Å². The summed E-state index contributed by atoms with van der Waals surface area (Å²) in [5.74, 6) is 0.695. The number of hydrogen-bond donors (Lipinski definition) is 1. The van der Waals surface area contributed by atoms with Gasteiger partial charge in [-0.25, -0.2) is 9.37 Å². The molecule has 7 heteroatoms. The van der Waals surface area contributed by atoms with Crippen LogP contribution in [0, 0.1) is 5.82 Å². The Bertz CT molecular complexity index is 718. The van der Waals surface area contributed by atoms with Gasteiger partial charge in [-0.05, 0) is 24.3 Å². The molecule has 1 aliphatic heterocycles. The van der Waals surface area contributed by atoms with Gasteiger partial charge in [-0.2, -0.15) is 0 Å². The SMILES string of the molecule is COc1cc(F)ccc1N1CCN(CC(=O)Nc2ccccn2)CC1. The van der Waals surface area contributed by atoms with E-state index in [1.165, 1.54) is 19.2 Å². The molecular formula is C18H21FN4O2. The second-order valence-corrected chi connectivity index (χ2v) is 5.84. The summed E-state index contributed by atoms with van der Waals surface area (Å²) in [5.41, 5.74) is 0.876. The van der Waals surface area contributed by atoms with Gasteiger partial charge in [-0.15, -0.1) is 0 Å². The lowest BCUT2D eigenvalue weighted by molar-refractivity contribution is -0.117. The van der Waals surface area contributed by atoms with Crippen molar-refractivity contribution in [2.75, 3.05) is 50.1 Å². The predicted molar refractivity (Wildman–Crippen MR) is 94.5 cm³/mol. The maximum Gasteiger partial charge on any atom is 0.239 e. The fourth-order valence-electron chi connectivity index (χ4n) is 2.88. The third kappa shape index (κ3) is 4.45. The molecule has 0 atom stereocenters. The van der Waals surface area contributed by atoms with Gasteiger partial charge in [0.25, 0.3) is 0 Å². The average molecular weight is 344 g/mol. The van der Waals surface area contributed by atoms with Crippen LogP contribution in [0.25, 0.3) is 0 Å². The van der Waals surface area contributed by atoms with Crippen LogP contribution in [-0.4, -0.2) is 55.6 Å². The van der Waals surface area contributed by atoms with E-state index in [0.29, 0.717) is 18.1 Å². The summed E-state index contributed by atoms with van der Waals surface area (Å²) < 4.78 is 18.6. The van der Waals surface area contributed by atoms with E-state index in [1.807, 2.05) is 6.07 Å². The Balaban J connectivity index is 1.53. The fourth-order valence-corrected chi connectivity index (χ4v) is 2.88. The van der Waals surface area contributed by atoms with Gasteiger partial charge in [-0.3, -0.25) is 9.69 Å². The topological polar surface area (TPSA) is 57.7 Å². The fraction of sp³-hybridized carbons (Fsp3) is 0.333. The normalized spacial score (nSPS) is 15.0. The van der Waals surface area contributed by atoms with E-state index >= 15 is 0 Å². The molecule has 132 valence electrons. The van der Waals surface area contributed by atoms with E-state index in [2.05, 4.69) is 20.1 Å². The highest BCUT2D eigenvalue weighted by Gasteiger charge is 2.21. The zero-order chi connectivity index (χ0) is 17.6. The van der Waals surface area contributed by atoms with Crippen LogP contribution in [0.3, 0.4) is 0 Å². The van der Waals surface area contributed by atoms with Crippen LogP contribution in [0.2, 0.25) is 0 Å². The van der Waals surface area contributed by atoms with Crippen molar-refractivity contribution in [3.8, 4) is 5.75 Å². The van der Waals surface area contributed by atoms with Crippen LogP contribution in [-0.2, 0) is 4.79 Å². The molecule has 1 aliphatic rings. The summed E-state index contributed by atoms with van der Waals surface area (Å²) in [6.07, 6.45) is 1.64. The maximum atomic E-state index is 13.3. The maximum absolute atomic E-state index is 13.3. The minimum absolute atomic E-state index is 0.0773. The van der Waals surface area contributed by atoms with Crippen LogP contribution in [0.1, 0.15) is 0 Å². The Kier molecular flexibility index (Phi) is 5.45. The first-order chi connectivity index (χ1) is 12.2. The lowest BCUT2D eigenvalue weighted by Crippen LogP contribution is -2.48. The van der Waals surface area contributed by atoms with Gasteiger partial charge in [0.05, 0.1) is 19.3 Å². The predicted octanol–water partition coefficient (Wildman–Crippen LogP) is 1.99. The Morgan fingerprint density at radius 1 is 1.24 bits per heavy atom. The molecule has 2 heterocycles. The number of benzene rings is 1. The van der Waals surface area contributed by atoms with Crippen molar-refractivity contribution in [2.45, 2.75) is 0 Å². The number of pyridine rings is 1. The number of nitrogens with one attached hydrogen (secondary N) is 1. The zero-order valence-corrected chi connectivity index (χ0v) is 14.1. The van der Waals surface area contributed by atoms with Crippen LogP contribution >= 0.6 is 0 Å². The summed E-state index contributed by atoms with van der Waals surface area (Å²) in [6.45, 7) is 3.31. The van der Waals surface area contributed by atoms with Crippen LogP contribution in [0.15, 0.2) is 42.6 Å². The third-order valence-corrected chi connectivity index (χ3v) is 4.15. The van der Waals surface area contributed by atoms with Crippen LogP contribution in [0.4, 0.5) is 15.9 Å². The zero-order valence-electron chi connectivity index (χ0n) is 14.1. The number of rotatable bonds is 5. The van der Waals surface area contributed by atoms with Crippen molar-refractivity contribution in [1.29, 1.82) is 0 Å². The summed E-state index contributed by atoms with van der Waals surface area (Å²) in [4.78, 5) is 20.4. The van der Waals surface area contributed by atoms with E-state index in [-0.39, 0.29) is 11.7 Å². The minimum Gasteiger partial charge on any atom is -0.494 e. The highest BCUT2D eigenvalue weighted by Crippen LogP contribution is 2.29. The van der Waals surface area contributed by atoms with Crippen molar-refractivity contribution >= 4 is 17.4 Å². The van der Waals surface area contributed by atoms with Gasteiger partial charge in [0.1, 0.15) is 17.4 Å². The number of methoxy groups -OCH3 is 1. The second kappa shape index (κ2) is 7.94. The van der Waals surface area contributed by atoms with E-state index in [0.717, 1.165) is 31.9 Å². The van der Waals surface area contributed by atoms with Crippen molar-refractivity contribution in [3.63, 3.8) is 0 Å². The summed E-state index contributed by atoms with van der Waals surface area (Å²) >= 11 is 0. The average Bonchev–Trinajstić information content (AvgIpc) is 2.63. The lowest BCUT2D eigenvalue weighted by atomic mass is 10.2. The number of carbonyl (C=O) groups is 1. The van der Waals surface area contributed by atoms with Crippen LogP contribution < -0.4 is 15.0 Å². The monoisotopic (exact) mass is 344 g/mol. The highest BCUT2D eigenvalue weighted by molar-refractivity contribution is 5.91. The van der Waals surface area contributed by atoms with Crippen molar-refractivity contribution in [3.05, 3.63) is 48.4 Å². The lowest BCUT2D eigenvalue weighted by Gasteiger charge is -2.36. The highest BCUT2D eigenvalue weighted by atomic mass is 19.1. The molecule has 1 aromatic carbocycles. The Morgan fingerprint density at radius 3 is 2.72 bits per heavy atom. The molecule has 2 aromatic rings. The number of hydrogen-bond acceptors (Lipinski definition) is 5. The molecule has 0 bridgehead atoms. The number of anilines is 2. The molecule has 6 nitrogen and oxygen atoms in total. The largest absolute Gasteiger partial charge is 0.494 e. The number of piperazine rings is 1. The van der Waals surface area contributed by atoms with Crippen LogP contribution in [0.5, 0.6) is 5.75 Å². The summed E-state index contributed by atoms with van der Waals surface area (Å²) in [7, 11) is 1.54. The van der Waals surface area contributed by atoms with Crippen molar-refractivity contribution in [2.24, 2.45) is 0 Å².